The molecule has 25 heavy (non-hydrogen) atoms. The smallest absolute Gasteiger partial charge is 0.254 e. The largest absolute Gasteiger partial charge is 0.335 e. The van der Waals surface area contributed by atoms with Crippen molar-refractivity contribution in [3.05, 3.63) is 64.7 Å². The number of nitrogens with zero attached hydrogens (tertiary/aromatic N) is 2. The van der Waals surface area contributed by atoms with Crippen LogP contribution in [0.4, 0.5) is 0 Å². The molecule has 4 heteroatoms. The van der Waals surface area contributed by atoms with Gasteiger partial charge in [0, 0.05) is 18.2 Å². The molecule has 0 radical (unpaired) electrons. The van der Waals surface area contributed by atoms with E-state index in [0.29, 0.717) is 6.04 Å². The minimum absolute atomic E-state index is 0.168. The highest BCUT2D eigenvalue weighted by molar-refractivity contribution is 7.16. The zero-order chi connectivity index (χ0) is 17.0. The van der Waals surface area contributed by atoms with Gasteiger partial charge in [0.05, 0.1) is 15.7 Å². The second-order valence-corrected chi connectivity index (χ2v) is 8.45. The maximum absolute atomic E-state index is 13.2. The SMILES string of the molecule is CC12CCN(C(=O)c3ccc4ncsc4c3)C(Cc3ccccc31)C2. The molecule has 1 amide bonds. The van der Waals surface area contributed by atoms with Gasteiger partial charge in [0.2, 0.25) is 0 Å². The third-order valence-corrected chi connectivity index (χ3v) is 6.79. The van der Waals surface area contributed by atoms with Gasteiger partial charge in [-0.05, 0) is 54.0 Å². The zero-order valence-electron chi connectivity index (χ0n) is 14.2. The van der Waals surface area contributed by atoms with Gasteiger partial charge in [-0.25, -0.2) is 4.98 Å². The van der Waals surface area contributed by atoms with Crippen molar-refractivity contribution in [2.24, 2.45) is 0 Å². The lowest BCUT2D eigenvalue weighted by atomic mass is 9.65. The first-order chi connectivity index (χ1) is 12.1. The van der Waals surface area contributed by atoms with Crippen molar-refractivity contribution in [2.45, 2.75) is 37.6 Å². The molecule has 2 bridgehead atoms. The number of carbonyl (C=O) groups excluding carboxylic acids is 1. The number of benzene rings is 2. The van der Waals surface area contributed by atoms with Gasteiger partial charge < -0.3 is 4.90 Å². The van der Waals surface area contributed by atoms with Crippen molar-refractivity contribution in [3.8, 4) is 0 Å². The molecule has 0 saturated carbocycles. The van der Waals surface area contributed by atoms with Crippen molar-refractivity contribution in [2.75, 3.05) is 6.54 Å². The Morgan fingerprint density at radius 2 is 2.16 bits per heavy atom. The van der Waals surface area contributed by atoms with Crippen LogP contribution in [0.2, 0.25) is 0 Å². The van der Waals surface area contributed by atoms with Crippen molar-refractivity contribution in [1.82, 2.24) is 9.88 Å². The quantitative estimate of drug-likeness (QED) is 0.652. The minimum Gasteiger partial charge on any atom is -0.335 e. The minimum atomic E-state index is 0.168. The van der Waals surface area contributed by atoms with Crippen LogP contribution in [0, 0.1) is 0 Å². The topological polar surface area (TPSA) is 33.2 Å². The standard InChI is InChI=1S/C21H20N2OS/c1-21-8-9-23(16(12-21)10-14-4-2-3-5-17(14)21)20(24)15-6-7-18-19(11-15)25-13-22-18/h2-7,11,13,16H,8-10,12H2,1H3. The van der Waals surface area contributed by atoms with Gasteiger partial charge in [0.25, 0.3) is 5.91 Å². The molecular weight excluding hydrogens is 328 g/mol. The van der Waals surface area contributed by atoms with Crippen LogP contribution in [0.25, 0.3) is 10.2 Å². The van der Waals surface area contributed by atoms with Gasteiger partial charge in [0.15, 0.2) is 0 Å². The number of thiazole rings is 1. The van der Waals surface area contributed by atoms with Crippen LogP contribution < -0.4 is 0 Å². The molecule has 2 unspecified atom stereocenters. The van der Waals surface area contributed by atoms with Crippen LogP contribution in [0.1, 0.15) is 41.3 Å². The van der Waals surface area contributed by atoms with Gasteiger partial charge >= 0.3 is 0 Å². The number of aromatic nitrogens is 1. The van der Waals surface area contributed by atoms with Gasteiger partial charge in [-0.2, -0.15) is 0 Å². The summed E-state index contributed by atoms with van der Waals surface area (Å²) in [6.07, 6.45) is 3.08. The highest BCUT2D eigenvalue weighted by atomic mass is 32.1. The van der Waals surface area contributed by atoms with Crippen LogP contribution in [-0.4, -0.2) is 28.4 Å². The normalized spacial score (nSPS) is 25.0. The summed E-state index contributed by atoms with van der Waals surface area (Å²) in [5, 5.41) is 0. The number of hydrogen-bond acceptors (Lipinski definition) is 3. The van der Waals surface area contributed by atoms with Crippen molar-refractivity contribution >= 4 is 27.5 Å². The molecule has 5 rings (SSSR count). The van der Waals surface area contributed by atoms with E-state index in [-0.39, 0.29) is 11.3 Å². The summed E-state index contributed by atoms with van der Waals surface area (Å²) in [5.74, 6) is 0.168. The average Bonchev–Trinajstić information content (AvgIpc) is 3.09. The summed E-state index contributed by atoms with van der Waals surface area (Å²) in [4.78, 5) is 19.6. The fourth-order valence-corrected chi connectivity index (χ4v) is 5.39. The van der Waals surface area contributed by atoms with Crippen molar-refractivity contribution in [1.29, 1.82) is 0 Å². The van der Waals surface area contributed by atoms with E-state index in [0.717, 1.165) is 41.6 Å². The molecule has 2 aromatic carbocycles. The number of piperidine rings is 1. The van der Waals surface area contributed by atoms with Crippen LogP contribution >= 0.6 is 11.3 Å². The van der Waals surface area contributed by atoms with E-state index in [1.54, 1.807) is 11.3 Å². The number of rotatable bonds is 1. The van der Waals surface area contributed by atoms with E-state index in [9.17, 15) is 4.79 Å². The van der Waals surface area contributed by atoms with Gasteiger partial charge in [-0.1, -0.05) is 31.2 Å². The molecule has 0 N–H and O–H groups in total. The fraction of sp³-hybridized carbons (Fsp3) is 0.333. The summed E-state index contributed by atoms with van der Waals surface area (Å²) < 4.78 is 1.08. The molecule has 0 spiro atoms. The number of hydrogen-bond donors (Lipinski definition) is 0. The maximum atomic E-state index is 13.2. The molecule has 1 aliphatic carbocycles. The van der Waals surface area contributed by atoms with E-state index in [4.69, 9.17) is 0 Å². The summed E-state index contributed by atoms with van der Waals surface area (Å²) in [7, 11) is 0. The van der Waals surface area contributed by atoms with Crippen LogP contribution in [-0.2, 0) is 11.8 Å². The van der Waals surface area contributed by atoms with E-state index in [2.05, 4.69) is 41.1 Å². The van der Waals surface area contributed by atoms with E-state index in [1.807, 2.05) is 23.7 Å². The molecule has 1 fully saturated rings. The van der Waals surface area contributed by atoms with E-state index >= 15 is 0 Å². The summed E-state index contributed by atoms with van der Waals surface area (Å²) in [6, 6.07) is 15.0. The van der Waals surface area contributed by atoms with Gasteiger partial charge in [-0.15, -0.1) is 11.3 Å². The first-order valence-electron chi connectivity index (χ1n) is 8.87. The molecule has 1 aromatic heterocycles. The molecule has 1 saturated heterocycles. The second kappa shape index (κ2) is 5.40. The third kappa shape index (κ3) is 2.31. The molecule has 1 aliphatic heterocycles. The Morgan fingerprint density at radius 1 is 1.28 bits per heavy atom. The average molecular weight is 348 g/mol. The Kier molecular flexibility index (Phi) is 3.26. The molecular formula is C21H20N2OS. The molecule has 126 valence electrons. The lowest BCUT2D eigenvalue weighted by Crippen LogP contribution is -2.54. The Labute approximate surface area is 151 Å². The highest BCUT2D eigenvalue weighted by Gasteiger charge is 2.44. The van der Waals surface area contributed by atoms with Crippen LogP contribution in [0.15, 0.2) is 48.0 Å². The first kappa shape index (κ1) is 15.1. The lowest BCUT2D eigenvalue weighted by Gasteiger charge is -2.49. The number of likely N-dealkylation sites (tertiary alicyclic amines) is 1. The molecule has 2 atom stereocenters. The molecule has 3 nitrogen and oxygen atoms in total. The molecule has 2 heterocycles. The maximum Gasteiger partial charge on any atom is 0.254 e. The summed E-state index contributed by atoms with van der Waals surface area (Å²) in [6.45, 7) is 3.21. The highest BCUT2D eigenvalue weighted by Crippen LogP contribution is 2.44. The predicted molar refractivity (Wildman–Crippen MR) is 101 cm³/mol. The van der Waals surface area contributed by atoms with E-state index in [1.165, 1.54) is 11.1 Å². The summed E-state index contributed by atoms with van der Waals surface area (Å²) >= 11 is 1.59. The molecule has 2 aliphatic rings. The number of fused-ring (bicyclic) bond motifs is 5. The Hall–Kier alpha value is -2.20. The number of carbonyl (C=O) groups is 1. The van der Waals surface area contributed by atoms with Gasteiger partial charge in [0.1, 0.15) is 0 Å². The van der Waals surface area contributed by atoms with Gasteiger partial charge in [-0.3, -0.25) is 4.79 Å². The van der Waals surface area contributed by atoms with Crippen molar-refractivity contribution < 1.29 is 4.79 Å². The van der Waals surface area contributed by atoms with Crippen LogP contribution in [0.3, 0.4) is 0 Å². The Balaban J connectivity index is 1.49. The monoisotopic (exact) mass is 348 g/mol. The van der Waals surface area contributed by atoms with Crippen LogP contribution in [0.5, 0.6) is 0 Å². The lowest BCUT2D eigenvalue weighted by molar-refractivity contribution is 0.0489. The first-order valence-corrected chi connectivity index (χ1v) is 9.75. The third-order valence-electron chi connectivity index (χ3n) is 5.99. The predicted octanol–water partition coefficient (Wildman–Crippen LogP) is 4.41. The Bertz CT molecular complexity index is 979. The zero-order valence-corrected chi connectivity index (χ0v) is 15.1. The molecule has 3 aromatic rings. The fourth-order valence-electron chi connectivity index (χ4n) is 4.67. The van der Waals surface area contributed by atoms with E-state index < -0.39 is 0 Å². The number of amides is 1. The summed E-state index contributed by atoms with van der Waals surface area (Å²) in [5.41, 5.74) is 6.71. The Morgan fingerprint density at radius 3 is 3.08 bits per heavy atom. The second-order valence-electron chi connectivity index (χ2n) is 7.56. The van der Waals surface area contributed by atoms with Crippen molar-refractivity contribution in [3.63, 3.8) is 0 Å².